The molecule has 0 radical (unpaired) electrons. The fourth-order valence-electron chi connectivity index (χ4n) is 4.67. The summed E-state index contributed by atoms with van der Waals surface area (Å²) in [6, 6.07) is 21.8. The van der Waals surface area contributed by atoms with Gasteiger partial charge in [0.05, 0.1) is 11.1 Å². The summed E-state index contributed by atoms with van der Waals surface area (Å²) in [6.07, 6.45) is 4.55. The van der Waals surface area contributed by atoms with Gasteiger partial charge in [0.2, 0.25) is 0 Å². The molecule has 176 valence electrons. The first-order valence-corrected chi connectivity index (χ1v) is 11.9. The van der Waals surface area contributed by atoms with E-state index in [0.717, 1.165) is 11.1 Å². The summed E-state index contributed by atoms with van der Waals surface area (Å²) in [6.45, 7) is 7.87. The zero-order valence-corrected chi connectivity index (χ0v) is 20.1. The molecule has 5 heteroatoms. The minimum atomic E-state index is -0.860. The molecule has 3 aromatic carbocycles. The molecular formula is C30H26ClNO3. The maximum absolute atomic E-state index is 13.8. The highest BCUT2D eigenvalue weighted by Crippen LogP contribution is 2.38. The van der Waals surface area contributed by atoms with Crippen LogP contribution in [0.3, 0.4) is 0 Å². The molecule has 3 aromatic rings. The molecule has 2 amide bonds. The van der Waals surface area contributed by atoms with Crippen molar-refractivity contribution < 1.29 is 14.4 Å². The number of rotatable bonds is 10. The fraction of sp³-hybridized carbons (Fsp3) is 0.167. The van der Waals surface area contributed by atoms with Gasteiger partial charge in [0.1, 0.15) is 0 Å². The Labute approximate surface area is 210 Å². The van der Waals surface area contributed by atoms with E-state index in [9.17, 15) is 14.4 Å². The van der Waals surface area contributed by atoms with Gasteiger partial charge in [-0.25, -0.2) is 0 Å². The highest BCUT2D eigenvalue weighted by Gasteiger charge is 2.40. The van der Waals surface area contributed by atoms with Crippen LogP contribution in [0.15, 0.2) is 98.1 Å². The summed E-state index contributed by atoms with van der Waals surface area (Å²) in [5.74, 6) is -0.704. The summed E-state index contributed by atoms with van der Waals surface area (Å²) in [5.41, 5.74) is 2.48. The Morgan fingerprint density at radius 2 is 1.29 bits per heavy atom. The van der Waals surface area contributed by atoms with Gasteiger partial charge in [-0.2, -0.15) is 0 Å². The number of ketones is 1. The highest BCUT2D eigenvalue weighted by molar-refractivity contribution is 6.30. The molecule has 0 aromatic heterocycles. The predicted molar refractivity (Wildman–Crippen MR) is 140 cm³/mol. The number of fused-ring (bicyclic) bond motifs is 1. The highest BCUT2D eigenvalue weighted by atomic mass is 35.5. The molecule has 0 aliphatic carbocycles. The minimum absolute atomic E-state index is 0.0587. The molecule has 4 rings (SSSR count). The van der Waals surface area contributed by atoms with Crippen LogP contribution in [0.1, 0.15) is 50.3 Å². The van der Waals surface area contributed by atoms with E-state index >= 15 is 0 Å². The van der Waals surface area contributed by atoms with Crippen LogP contribution in [0.2, 0.25) is 5.02 Å². The Balaban J connectivity index is 1.58. The lowest BCUT2D eigenvalue weighted by atomic mass is 9.72. The molecular weight excluding hydrogens is 458 g/mol. The van der Waals surface area contributed by atoms with Crippen molar-refractivity contribution in [2.24, 2.45) is 5.41 Å². The van der Waals surface area contributed by atoms with Gasteiger partial charge < -0.3 is 0 Å². The largest absolute Gasteiger partial charge is 0.294 e. The number of carbonyl (C=O) groups excluding carboxylic acids is 3. The van der Waals surface area contributed by atoms with Gasteiger partial charge in [-0.05, 0) is 54.7 Å². The number of Topliss-reactive ketones (excluding diaryl/α,β-unsaturated/α-hetero) is 1. The van der Waals surface area contributed by atoms with E-state index in [2.05, 4.69) is 13.2 Å². The molecule has 0 saturated carbocycles. The van der Waals surface area contributed by atoms with Crippen molar-refractivity contribution >= 4 is 29.2 Å². The number of nitrogens with zero attached hydrogens (tertiary/aromatic N) is 1. The Bertz CT molecular complexity index is 1250. The standard InChI is InChI=1S/C30H26ClNO3/c1-3-17-30(18-4-2,19-20-32-28(34)25-7-5-6-8-26(25)29(32)35)27(33)23-11-9-21(10-12-23)22-13-15-24(31)16-14-22/h3-16H,1-2,17-20H2. The lowest BCUT2D eigenvalue weighted by Crippen LogP contribution is -2.38. The average molecular weight is 484 g/mol. The SMILES string of the molecule is C=CCC(CC=C)(CCN1C(=O)c2ccccc2C1=O)C(=O)c1ccc(-c2ccc(Cl)cc2)cc1. The summed E-state index contributed by atoms with van der Waals surface area (Å²) >= 11 is 5.99. The second-order valence-corrected chi connectivity index (χ2v) is 9.17. The molecule has 0 atom stereocenters. The van der Waals surface area contributed by atoms with Gasteiger partial charge in [0.15, 0.2) is 5.78 Å². The van der Waals surface area contributed by atoms with E-state index < -0.39 is 5.41 Å². The summed E-state index contributed by atoms with van der Waals surface area (Å²) in [5, 5.41) is 0.664. The Morgan fingerprint density at radius 1 is 0.800 bits per heavy atom. The van der Waals surface area contributed by atoms with Gasteiger partial charge in [-0.3, -0.25) is 19.3 Å². The van der Waals surface area contributed by atoms with Gasteiger partial charge >= 0.3 is 0 Å². The maximum Gasteiger partial charge on any atom is 0.261 e. The number of amides is 2. The molecule has 1 aliphatic heterocycles. The lowest BCUT2D eigenvalue weighted by Gasteiger charge is -2.32. The lowest BCUT2D eigenvalue weighted by molar-refractivity contribution is 0.0597. The molecule has 1 aliphatic rings. The number of allylic oxidation sites excluding steroid dienone is 2. The van der Waals surface area contributed by atoms with Gasteiger partial charge in [0, 0.05) is 22.5 Å². The van der Waals surface area contributed by atoms with Crippen molar-refractivity contribution in [3.63, 3.8) is 0 Å². The van der Waals surface area contributed by atoms with E-state index in [-0.39, 0.29) is 24.1 Å². The van der Waals surface area contributed by atoms with Crippen molar-refractivity contribution in [1.82, 2.24) is 4.90 Å². The zero-order valence-electron chi connectivity index (χ0n) is 19.4. The zero-order chi connectivity index (χ0) is 25.0. The third kappa shape index (κ3) is 4.75. The number of benzene rings is 3. The van der Waals surface area contributed by atoms with Crippen LogP contribution < -0.4 is 0 Å². The molecule has 4 nitrogen and oxygen atoms in total. The first kappa shape index (κ1) is 24.4. The van der Waals surface area contributed by atoms with E-state index in [1.165, 1.54) is 4.90 Å². The average Bonchev–Trinajstić information content (AvgIpc) is 3.12. The number of halogens is 1. The fourth-order valence-corrected chi connectivity index (χ4v) is 4.80. The Kier molecular flexibility index (Phi) is 7.13. The van der Waals surface area contributed by atoms with Crippen LogP contribution in [-0.2, 0) is 0 Å². The number of hydrogen-bond acceptors (Lipinski definition) is 3. The smallest absolute Gasteiger partial charge is 0.261 e. The predicted octanol–water partition coefficient (Wildman–Crippen LogP) is 7.01. The summed E-state index contributed by atoms with van der Waals surface area (Å²) in [7, 11) is 0. The van der Waals surface area contributed by atoms with Crippen LogP contribution in [0, 0.1) is 5.41 Å². The maximum atomic E-state index is 13.8. The molecule has 35 heavy (non-hydrogen) atoms. The summed E-state index contributed by atoms with van der Waals surface area (Å²) < 4.78 is 0. The Morgan fingerprint density at radius 3 is 1.77 bits per heavy atom. The first-order chi connectivity index (χ1) is 16.9. The second kappa shape index (κ2) is 10.2. The van der Waals surface area contributed by atoms with Gasteiger partial charge in [0.25, 0.3) is 11.8 Å². The normalized spacial score (nSPS) is 13.0. The first-order valence-electron chi connectivity index (χ1n) is 11.5. The number of hydrogen-bond donors (Lipinski definition) is 0. The monoisotopic (exact) mass is 483 g/mol. The summed E-state index contributed by atoms with van der Waals surface area (Å²) in [4.78, 5) is 40.8. The van der Waals surface area contributed by atoms with Crippen LogP contribution in [0.25, 0.3) is 11.1 Å². The molecule has 0 N–H and O–H groups in total. The van der Waals surface area contributed by atoms with Crippen molar-refractivity contribution in [2.45, 2.75) is 19.3 Å². The van der Waals surface area contributed by atoms with Crippen molar-refractivity contribution in [3.8, 4) is 11.1 Å². The van der Waals surface area contributed by atoms with Crippen LogP contribution in [0.5, 0.6) is 0 Å². The third-order valence-corrected chi connectivity index (χ3v) is 6.82. The van der Waals surface area contributed by atoms with E-state index in [4.69, 9.17) is 11.6 Å². The molecule has 1 heterocycles. The third-order valence-electron chi connectivity index (χ3n) is 6.57. The van der Waals surface area contributed by atoms with Gasteiger partial charge in [-0.15, -0.1) is 13.2 Å². The van der Waals surface area contributed by atoms with Crippen molar-refractivity contribution in [3.05, 3.63) is 120 Å². The molecule has 0 unspecified atom stereocenters. The molecule has 0 saturated heterocycles. The number of imide groups is 1. The van der Waals surface area contributed by atoms with Crippen LogP contribution in [-0.4, -0.2) is 29.0 Å². The minimum Gasteiger partial charge on any atom is -0.294 e. The topological polar surface area (TPSA) is 54.5 Å². The van der Waals surface area contributed by atoms with Crippen LogP contribution >= 0.6 is 11.6 Å². The van der Waals surface area contributed by atoms with E-state index in [0.29, 0.717) is 41.0 Å². The van der Waals surface area contributed by atoms with Crippen molar-refractivity contribution in [2.75, 3.05) is 6.54 Å². The Hall–Kier alpha value is -3.76. The van der Waals surface area contributed by atoms with Crippen molar-refractivity contribution in [1.29, 1.82) is 0 Å². The molecule has 0 spiro atoms. The number of carbonyl (C=O) groups is 3. The van der Waals surface area contributed by atoms with Crippen LogP contribution in [0.4, 0.5) is 0 Å². The molecule has 0 fully saturated rings. The molecule has 0 bridgehead atoms. The second-order valence-electron chi connectivity index (χ2n) is 8.74. The quantitative estimate of drug-likeness (QED) is 0.177. The van der Waals surface area contributed by atoms with E-state index in [1.54, 1.807) is 36.4 Å². The van der Waals surface area contributed by atoms with E-state index in [1.807, 2.05) is 48.5 Å². The van der Waals surface area contributed by atoms with Gasteiger partial charge in [-0.1, -0.05) is 72.3 Å².